The molecule has 0 aliphatic heterocycles. The molecule has 90 valence electrons. The Labute approximate surface area is 97.9 Å². The fourth-order valence-corrected chi connectivity index (χ4v) is 1.17. The standard InChI is InChI=1S/C9H13N7O/c1-6(2)17-9-13-7(15-10)12-8(14-9)16-4-3-11-5-16/h3-6H,10H2,1-2H3,(H,12,13,14,15). The van der Waals surface area contributed by atoms with Crippen LogP contribution in [0.4, 0.5) is 5.95 Å². The Morgan fingerprint density at radius 2 is 2.18 bits per heavy atom. The lowest BCUT2D eigenvalue weighted by Crippen LogP contribution is -2.16. The summed E-state index contributed by atoms with van der Waals surface area (Å²) in [7, 11) is 0. The summed E-state index contributed by atoms with van der Waals surface area (Å²) < 4.78 is 7.04. The van der Waals surface area contributed by atoms with Gasteiger partial charge in [0.25, 0.3) is 0 Å². The zero-order valence-electron chi connectivity index (χ0n) is 9.53. The number of rotatable bonds is 4. The molecule has 2 aromatic rings. The van der Waals surface area contributed by atoms with Crippen molar-refractivity contribution in [2.75, 3.05) is 5.43 Å². The summed E-state index contributed by atoms with van der Waals surface area (Å²) in [6, 6.07) is 0.214. The number of hydrogen-bond donors (Lipinski definition) is 2. The molecule has 8 heteroatoms. The minimum absolute atomic E-state index is 0.0290. The van der Waals surface area contributed by atoms with E-state index in [1.165, 1.54) is 0 Å². The average molecular weight is 235 g/mol. The summed E-state index contributed by atoms with van der Waals surface area (Å²) in [5, 5.41) is 0. The van der Waals surface area contributed by atoms with Gasteiger partial charge in [-0.3, -0.25) is 9.99 Å². The van der Waals surface area contributed by atoms with E-state index in [4.69, 9.17) is 10.6 Å². The fourth-order valence-electron chi connectivity index (χ4n) is 1.17. The number of imidazole rings is 1. The second kappa shape index (κ2) is 4.74. The van der Waals surface area contributed by atoms with Gasteiger partial charge in [-0.1, -0.05) is 0 Å². The first-order chi connectivity index (χ1) is 8.19. The van der Waals surface area contributed by atoms with Crippen LogP contribution < -0.4 is 16.0 Å². The Hall–Kier alpha value is -2.22. The van der Waals surface area contributed by atoms with Crippen molar-refractivity contribution in [3.8, 4) is 12.0 Å². The average Bonchev–Trinajstić information content (AvgIpc) is 2.81. The molecule has 8 nitrogen and oxygen atoms in total. The molecule has 0 fully saturated rings. The van der Waals surface area contributed by atoms with Gasteiger partial charge in [-0.2, -0.15) is 15.0 Å². The quantitative estimate of drug-likeness (QED) is 0.573. The third-order valence-electron chi connectivity index (χ3n) is 1.81. The Kier molecular flexibility index (Phi) is 3.15. The minimum Gasteiger partial charge on any atom is -0.461 e. The lowest BCUT2D eigenvalue weighted by atomic mass is 10.5. The highest BCUT2D eigenvalue weighted by Gasteiger charge is 2.09. The van der Waals surface area contributed by atoms with Gasteiger partial charge in [0.05, 0.1) is 6.10 Å². The molecule has 2 aromatic heterocycles. The van der Waals surface area contributed by atoms with E-state index in [2.05, 4.69) is 25.4 Å². The van der Waals surface area contributed by atoms with Gasteiger partial charge in [0.2, 0.25) is 11.9 Å². The van der Waals surface area contributed by atoms with E-state index in [1.807, 2.05) is 13.8 Å². The number of hydrazine groups is 1. The molecule has 0 radical (unpaired) electrons. The van der Waals surface area contributed by atoms with Gasteiger partial charge in [-0.05, 0) is 13.8 Å². The fraction of sp³-hybridized carbons (Fsp3) is 0.333. The van der Waals surface area contributed by atoms with E-state index in [9.17, 15) is 0 Å². The van der Waals surface area contributed by atoms with Crippen LogP contribution in [0.25, 0.3) is 5.95 Å². The zero-order valence-corrected chi connectivity index (χ0v) is 9.53. The molecule has 0 bridgehead atoms. The molecule has 0 unspecified atom stereocenters. The summed E-state index contributed by atoms with van der Waals surface area (Å²) in [5.41, 5.74) is 2.37. The molecular formula is C9H13N7O. The van der Waals surface area contributed by atoms with E-state index >= 15 is 0 Å². The highest BCUT2D eigenvalue weighted by molar-refractivity contribution is 5.28. The maximum atomic E-state index is 5.40. The molecule has 0 aromatic carbocycles. The number of nitrogens with zero attached hydrogens (tertiary/aromatic N) is 5. The number of nitrogens with one attached hydrogen (secondary N) is 1. The SMILES string of the molecule is CC(C)Oc1nc(NN)nc(-n2ccnc2)n1. The smallest absolute Gasteiger partial charge is 0.323 e. The summed E-state index contributed by atoms with van der Waals surface area (Å²) >= 11 is 0. The summed E-state index contributed by atoms with van der Waals surface area (Å²) in [6.45, 7) is 3.77. The van der Waals surface area contributed by atoms with Crippen LogP contribution in [0.5, 0.6) is 6.01 Å². The van der Waals surface area contributed by atoms with Crippen molar-refractivity contribution in [2.45, 2.75) is 20.0 Å². The van der Waals surface area contributed by atoms with Crippen LogP contribution in [-0.4, -0.2) is 30.6 Å². The molecule has 0 spiro atoms. The van der Waals surface area contributed by atoms with Crippen LogP contribution in [0.1, 0.15) is 13.8 Å². The van der Waals surface area contributed by atoms with Crippen molar-refractivity contribution in [3.05, 3.63) is 18.7 Å². The van der Waals surface area contributed by atoms with E-state index in [-0.39, 0.29) is 18.1 Å². The van der Waals surface area contributed by atoms with E-state index < -0.39 is 0 Å². The van der Waals surface area contributed by atoms with Gasteiger partial charge < -0.3 is 4.74 Å². The second-order valence-electron chi connectivity index (χ2n) is 3.52. The van der Waals surface area contributed by atoms with Crippen molar-refractivity contribution in [3.63, 3.8) is 0 Å². The van der Waals surface area contributed by atoms with Crippen molar-refractivity contribution >= 4 is 5.95 Å². The third-order valence-corrected chi connectivity index (χ3v) is 1.81. The number of nitrogens with two attached hydrogens (primary N) is 1. The van der Waals surface area contributed by atoms with E-state index in [0.717, 1.165) is 0 Å². The third kappa shape index (κ3) is 2.67. The Bertz CT molecular complexity index is 482. The van der Waals surface area contributed by atoms with Gasteiger partial charge in [0.15, 0.2) is 0 Å². The summed E-state index contributed by atoms with van der Waals surface area (Å²) in [4.78, 5) is 16.1. The minimum atomic E-state index is -0.0290. The predicted octanol–water partition coefficient (Wildman–Crippen LogP) is 0.130. The number of ether oxygens (including phenoxy) is 1. The molecule has 2 rings (SSSR count). The first kappa shape index (κ1) is 11.3. The normalized spacial score (nSPS) is 10.6. The van der Waals surface area contributed by atoms with Crippen LogP contribution >= 0.6 is 0 Å². The zero-order chi connectivity index (χ0) is 12.3. The number of nitrogen functional groups attached to an aromatic ring is 1. The molecular weight excluding hydrogens is 222 g/mol. The van der Waals surface area contributed by atoms with Gasteiger partial charge in [0.1, 0.15) is 6.33 Å². The van der Waals surface area contributed by atoms with Gasteiger partial charge in [-0.15, -0.1) is 0 Å². The molecule has 0 saturated carbocycles. The van der Waals surface area contributed by atoms with Crippen molar-refractivity contribution in [1.82, 2.24) is 24.5 Å². The van der Waals surface area contributed by atoms with Gasteiger partial charge in [0, 0.05) is 12.4 Å². The van der Waals surface area contributed by atoms with Gasteiger partial charge >= 0.3 is 6.01 Å². The molecule has 0 aliphatic rings. The summed E-state index contributed by atoms with van der Waals surface area (Å²) in [5.74, 6) is 5.91. The Balaban J connectivity index is 2.38. The largest absolute Gasteiger partial charge is 0.461 e. The number of hydrogen-bond acceptors (Lipinski definition) is 7. The lowest BCUT2D eigenvalue weighted by Gasteiger charge is -2.09. The van der Waals surface area contributed by atoms with Crippen LogP contribution in [0, 0.1) is 0 Å². The lowest BCUT2D eigenvalue weighted by molar-refractivity contribution is 0.221. The second-order valence-corrected chi connectivity index (χ2v) is 3.52. The van der Waals surface area contributed by atoms with E-state index in [1.54, 1.807) is 23.3 Å². The maximum Gasteiger partial charge on any atom is 0.323 e. The first-order valence-electron chi connectivity index (χ1n) is 5.06. The molecule has 0 atom stereocenters. The van der Waals surface area contributed by atoms with Crippen LogP contribution in [0.3, 0.4) is 0 Å². The topological polar surface area (TPSA) is 104 Å². The van der Waals surface area contributed by atoms with Crippen molar-refractivity contribution < 1.29 is 4.74 Å². The molecule has 0 aliphatic carbocycles. The molecule has 17 heavy (non-hydrogen) atoms. The highest BCUT2D eigenvalue weighted by atomic mass is 16.5. The molecule has 2 heterocycles. The van der Waals surface area contributed by atoms with Crippen molar-refractivity contribution in [1.29, 1.82) is 0 Å². The molecule has 0 saturated heterocycles. The predicted molar refractivity (Wildman–Crippen MR) is 60.5 cm³/mol. The Morgan fingerprint density at radius 1 is 1.35 bits per heavy atom. The van der Waals surface area contributed by atoms with Crippen LogP contribution in [-0.2, 0) is 0 Å². The van der Waals surface area contributed by atoms with Crippen molar-refractivity contribution in [2.24, 2.45) is 5.84 Å². The first-order valence-corrected chi connectivity index (χ1v) is 5.06. The number of aromatic nitrogens is 5. The monoisotopic (exact) mass is 235 g/mol. The van der Waals surface area contributed by atoms with Gasteiger partial charge in [-0.25, -0.2) is 10.8 Å². The van der Waals surface area contributed by atoms with Crippen LogP contribution in [0.15, 0.2) is 18.7 Å². The highest BCUT2D eigenvalue weighted by Crippen LogP contribution is 2.11. The van der Waals surface area contributed by atoms with E-state index in [0.29, 0.717) is 5.95 Å². The molecule has 3 N–H and O–H groups in total. The Morgan fingerprint density at radius 3 is 2.76 bits per heavy atom. The van der Waals surface area contributed by atoms with Crippen LogP contribution in [0.2, 0.25) is 0 Å². The number of anilines is 1. The summed E-state index contributed by atoms with van der Waals surface area (Å²) in [6.07, 6.45) is 4.89. The molecule has 0 amide bonds. The maximum absolute atomic E-state index is 5.40.